The number of nitrogens with zero attached hydrogens (tertiary/aromatic N) is 2. The molecule has 0 unspecified atom stereocenters. The molecule has 2 saturated heterocycles. The molecule has 170 valence electrons. The molecule has 3 N–H and O–H groups in total. The standard InChI is InChI=1S/C24H29ClN4O3/c25-21-14-19(7-8-22(21)29-11-3-6-23(29)31)27-24(32)26-15-17-4-1-2-5-18(17)16-28-12-9-20(30)10-13-28/h1-2,4-5,7-8,14,20,30H,3,6,9-13,15-16H2,(H2,26,27,32). The highest BCUT2D eigenvalue weighted by molar-refractivity contribution is 6.34. The van der Waals surface area contributed by atoms with Gasteiger partial charge in [0.2, 0.25) is 5.91 Å². The van der Waals surface area contributed by atoms with Crippen molar-refractivity contribution in [1.82, 2.24) is 10.2 Å². The first-order valence-electron chi connectivity index (χ1n) is 11.1. The first kappa shape index (κ1) is 22.6. The maximum atomic E-state index is 12.5. The highest BCUT2D eigenvalue weighted by atomic mass is 35.5. The van der Waals surface area contributed by atoms with Crippen LogP contribution in [-0.4, -0.2) is 47.7 Å². The minimum absolute atomic E-state index is 0.0738. The van der Waals surface area contributed by atoms with E-state index in [-0.39, 0.29) is 18.0 Å². The Morgan fingerprint density at radius 2 is 1.84 bits per heavy atom. The van der Waals surface area contributed by atoms with Crippen LogP contribution in [0.2, 0.25) is 5.02 Å². The third kappa shape index (κ3) is 5.59. The van der Waals surface area contributed by atoms with E-state index in [0.717, 1.165) is 44.5 Å². The Morgan fingerprint density at radius 1 is 1.09 bits per heavy atom. The summed E-state index contributed by atoms with van der Waals surface area (Å²) in [6.45, 7) is 3.64. The number of urea groups is 1. The second-order valence-corrected chi connectivity index (χ2v) is 8.81. The maximum Gasteiger partial charge on any atom is 0.319 e. The van der Waals surface area contributed by atoms with E-state index in [0.29, 0.717) is 35.9 Å². The first-order chi connectivity index (χ1) is 15.5. The summed E-state index contributed by atoms with van der Waals surface area (Å²) in [5.41, 5.74) is 3.49. The van der Waals surface area contributed by atoms with Crippen LogP contribution in [0, 0.1) is 0 Å². The summed E-state index contributed by atoms with van der Waals surface area (Å²) >= 11 is 6.37. The van der Waals surface area contributed by atoms with Crippen LogP contribution in [0.25, 0.3) is 0 Å². The van der Waals surface area contributed by atoms with Gasteiger partial charge in [-0.15, -0.1) is 0 Å². The van der Waals surface area contributed by atoms with E-state index in [1.54, 1.807) is 23.1 Å². The number of aliphatic hydroxyl groups excluding tert-OH is 1. The fourth-order valence-corrected chi connectivity index (χ4v) is 4.54. The van der Waals surface area contributed by atoms with Crippen LogP contribution in [-0.2, 0) is 17.9 Å². The zero-order chi connectivity index (χ0) is 22.5. The number of amides is 3. The summed E-state index contributed by atoms with van der Waals surface area (Å²) in [4.78, 5) is 28.4. The van der Waals surface area contributed by atoms with E-state index in [1.165, 1.54) is 5.56 Å². The lowest BCUT2D eigenvalue weighted by molar-refractivity contribution is -0.117. The molecule has 2 fully saturated rings. The lowest BCUT2D eigenvalue weighted by Gasteiger charge is -2.30. The Kier molecular flexibility index (Phi) is 7.29. The van der Waals surface area contributed by atoms with Gasteiger partial charge in [-0.25, -0.2) is 4.79 Å². The van der Waals surface area contributed by atoms with Gasteiger partial charge < -0.3 is 20.6 Å². The lowest BCUT2D eigenvalue weighted by Crippen LogP contribution is -2.35. The van der Waals surface area contributed by atoms with Crippen molar-refractivity contribution < 1.29 is 14.7 Å². The Morgan fingerprint density at radius 3 is 2.53 bits per heavy atom. The Balaban J connectivity index is 1.32. The molecule has 0 aromatic heterocycles. The van der Waals surface area contributed by atoms with Crippen molar-refractivity contribution in [2.75, 3.05) is 29.9 Å². The monoisotopic (exact) mass is 456 g/mol. The smallest absolute Gasteiger partial charge is 0.319 e. The van der Waals surface area contributed by atoms with Crippen LogP contribution < -0.4 is 15.5 Å². The Bertz CT molecular complexity index is 975. The number of anilines is 2. The summed E-state index contributed by atoms with van der Waals surface area (Å²) < 4.78 is 0. The van der Waals surface area contributed by atoms with Crippen molar-refractivity contribution >= 4 is 34.9 Å². The SMILES string of the molecule is O=C(NCc1ccccc1CN1CCC(O)CC1)Nc1ccc(N2CCCC2=O)c(Cl)c1. The molecular formula is C24H29ClN4O3. The van der Waals surface area contributed by atoms with Crippen molar-refractivity contribution in [3.05, 3.63) is 58.6 Å². The zero-order valence-electron chi connectivity index (χ0n) is 18.0. The molecule has 4 rings (SSSR count). The molecule has 2 aliphatic rings. The number of carbonyl (C=O) groups is 2. The zero-order valence-corrected chi connectivity index (χ0v) is 18.8. The number of carbonyl (C=O) groups excluding carboxylic acids is 2. The minimum atomic E-state index is -0.318. The number of halogens is 1. The molecular weight excluding hydrogens is 428 g/mol. The van der Waals surface area contributed by atoms with E-state index >= 15 is 0 Å². The molecule has 7 nitrogen and oxygen atoms in total. The molecule has 3 amide bonds. The van der Waals surface area contributed by atoms with E-state index in [1.807, 2.05) is 18.2 Å². The number of hydrogen-bond donors (Lipinski definition) is 3. The molecule has 32 heavy (non-hydrogen) atoms. The van der Waals surface area contributed by atoms with Crippen LogP contribution in [0.5, 0.6) is 0 Å². The molecule has 0 radical (unpaired) electrons. The van der Waals surface area contributed by atoms with Gasteiger partial charge in [0.05, 0.1) is 16.8 Å². The predicted octanol–water partition coefficient (Wildman–Crippen LogP) is 3.75. The second kappa shape index (κ2) is 10.3. The van der Waals surface area contributed by atoms with Gasteiger partial charge in [-0.1, -0.05) is 35.9 Å². The van der Waals surface area contributed by atoms with Crippen LogP contribution in [0.15, 0.2) is 42.5 Å². The van der Waals surface area contributed by atoms with Gasteiger partial charge in [-0.05, 0) is 48.6 Å². The van der Waals surface area contributed by atoms with Crippen molar-refractivity contribution in [2.45, 2.75) is 44.9 Å². The molecule has 0 spiro atoms. The maximum absolute atomic E-state index is 12.5. The van der Waals surface area contributed by atoms with Crippen molar-refractivity contribution in [3.8, 4) is 0 Å². The van der Waals surface area contributed by atoms with Gasteiger partial charge in [0, 0.05) is 44.8 Å². The molecule has 2 aromatic rings. The first-order valence-corrected chi connectivity index (χ1v) is 11.5. The molecule has 0 atom stereocenters. The van der Waals surface area contributed by atoms with Crippen molar-refractivity contribution in [1.29, 1.82) is 0 Å². The number of likely N-dealkylation sites (tertiary alicyclic amines) is 1. The molecule has 2 aromatic carbocycles. The normalized spacial score (nSPS) is 17.6. The number of piperidine rings is 1. The van der Waals surface area contributed by atoms with Crippen LogP contribution in [0.3, 0.4) is 0 Å². The lowest BCUT2D eigenvalue weighted by atomic mass is 10.0. The minimum Gasteiger partial charge on any atom is -0.393 e. The summed E-state index contributed by atoms with van der Waals surface area (Å²) in [5, 5.41) is 15.9. The summed E-state index contributed by atoms with van der Waals surface area (Å²) in [6.07, 6.45) is 2.79. The number of benzene rings is 2. The van der Waals surface area contributed by atoms with Crippen LogP contribution in [0.1, 0.15) is 36.8 Å². The topological polar surface area (TPSA) is 84.9 Å². The molecule has 0 saturated carbocycles. The largest absolute Gasteiger partial charge is 0.393 e. The molecule has 0 bridgehead atoms. The number of aliphatic hydroxyl groups is 1. The van der Waals surface area contributed by atoms with Gasteiger partial charge in [0.1, 0.15) is 0 Å². The molecule has 8 heteroatoms. The van der Waals surface area contributed by atoms with E-state index in [2.05, 4.69) is 21.6 Å². The number of hydrogen-bond acceptors (Lipinski definition) is 4. The van der Waals surface area contributed by atoms with Gasteiger partial charge in [-0.3, -0.25) is 9.69 Å². The highest BCUT2D eigenvalue weighted by Gasteiger charge is 2.23. The van der Waals surface area contributed by atoms with Gasteiger partial charge >= 0.3 is 6.03 Å². The Hall–Kier alpha value is -2.61. The van der Waals surface area contributed by atoms with E-state index < -0.39 is 0 Å². The number of rotatable bonds is 6. The van der Waals surface area contributed by atoms with E-state index in [9.17, 15) is 14.7 Å². The quantitative estimate of drug-likeness (QED) is 0.618. The van der Waals surface area contributed by atoms with Crippen molar-refractivity contribution in [3.63, 3.8) is 0 Å². The van der Waals surface area contributed by atoms with Crippen LogP contribution in [0.4, 0.5) is 16.2 Å². The third-order valence-electron chi connectivity index (χ3n) is 6.08. The predicted molar refractivity (Wildman–Crippen MR) is 126 cm³/mol. The van der Waals surface area contributed by atoms with Gasteiger partial charge in [-0.2, -0.15) is 0 Å². The van der Waals surface area contributed by atoms with Gasteiger partial charge in [0.25, 0.3) is 0 Å². The number of nitrogens with one attached hydrogen (secondary N) is 2. The summed E-state index contributed by atoms with van der Waals surface area (Å²) in [6, 6.07) is 13.0. The van der Waals surface area contributed by atoms with Crippen LogP contribution >= 0.6 is 11.6 Å². The second-order valence-electron chi connectivity index (χ2n) is 8.40. The fraction of sp³-hybridized carbons (Fsp3) is 0.417. The summed E-state index contributed by atoms with van der Waals surface area (Å²) in [7, 11) is 0. The molecule has 2 heterocycles. The average molecular weight is 457 g/mol. The summed E-state index contributed by atoms with van der Waals surface area (Å²) in [5.74, 6) is 0.0738. The molecule has 0 aliphatic carbocycles. The third-order valence-corrected chi connectivity index (χ3v) is 6.38. The van der Waals surface area contributed by atoms with Crippen molar-refractivity contribution in [2.24, 2.45) is 0 Å². The highest BCUT2D eigenvalue weighted by Crippen LogP contribution is 2.31. The Labute approximate surface area is 193 Å². The molecule has 2 aliphatic heterocycles. The van der Waals surface area contributed by atoms with Gasteiger partial charge in [0.15, 0.2) is 0 Å². The fourth-order valence-electron chi connectivity index (χ4n) is 4.26. The average Bonchev–Trinajstić information content (AvgIpc) is 3.20. The van der Waals surface area contributed by atoms with E-state index in [4.69, 9.17) is 11.6 Å².